The Kier molecular flexibility index (Phi) is 6.66. The van der Waals surface area contributed by atoms with E-state index in [1.165, 1.54) is 0 Å². The van der Waals surface area contributed by atoms with E-state index in [4.69, 9.17) is 14.7 Å². The summed E-state index contributed by atoms with van der Waals surface area (Å²) >= 11 is 1.59. The third-order valence-electron chi connectivity index (χ3n) is 6.45. The van der Waals surface area contributed by atoms with Crippen molar-refractivity contribution in [2.45, 2.75) is 37.8 Å². The minimum atomic E-state index is -0.165. The van der Waals surface area contributed by atoms with Crippen LogP contribution in [0, 0.1) is 0 Å². The zero-order valence-electron chi connectivity index (χ0n) is 20.2. The van der Waals surface area contributed by atoms with Crippen LogP contribution >= 0.6 is 11.3 Å². The first-order valence-electron chi connectivity index (χ1n) is 12.5. The zero-order valence-corrected chi connectivity index (χ0v) is 21.0. The molecule has 37 heavy (non-hydrogen) atoms. The number of aromatic nitrogens is 3. The number of para-hydroxylation sites is 1. The number of benzene rings is 2. The molecule has 0 bridgehead atoms. The van der Waals surface area contributed by atoms with Crippen LogP contribution in [0.15, 0.2) is 85.2 Å². The number of pyridine rings is 2. The van der Waals surface area contributed by atoms with Gasteiger partial charge in [-0.15, -0.1) is 0 Å². The van der Waals surface area contributed by atoms with Crippen LogP contribution in [0.3, 0.4) is 0 Å². The summed E-state index contributed by atoms with van der Waals surface area (Å²) in [7, 11) is 0. The van der Waals surface area contributed by atoms with Gasteiger partial charge in [0.2, 0.25) is 0 Å². The molecule has 6 rings (SSSR count). The Bertz CT molecular complexity index is 1500. The van der Waals surface area contributed by atoms with Gasteiger partial charge in [0.05, 0.1) is 22.5 Å². The molecule has 186 valence electrons. The van der Waals surface area contributed by atoms with E-state index in [1.54, 1.807) is 17.5 Å². The van der Waals surface area contributed by atoms with Crippen LogP contribution < -0.4 is 15.4 Å². The van der Waals surface area contributed by atoms with Crippen molar-refractivity contribution in [3.8, 4) is 22.6 Å². The van der Waals surface area contributed by atoms with Crippen molar-refractivity contribution in [3.63, 3.8) is 0 Å². The van der Waals surface area contributed by atoms with Gasteiger partial charge in [-0.2, -0.15) is 0 Å². The summed E-state index contributed by atoms with van der Waals surface area (Å²) in [5.74, 6) is 3.05. The van der Waals surface area contributed by atoms with E-state index in [1.807, 2.05) is 66.9 Å². The monoisotopic (exact) mass is 509 g/mol. The molecule has 0 atom stereocenters. The maximum absolute atomic E-state index is 9.74. The quantitative estimate of drug-likeness (QED) is 0.217. The molecule has 0 unspecified atom stereocenters. The van der Waals surface area contributed by atoms with Gasteiger partial charge in [-0.1, -0.05) is 41.7 Å². The van der Waals surface area contributed by atoms with E-state index in [-0.39, 0.29) is 6.10 Å². The predicted octanol–water partition coefficient (Wildman–Crippen LogP) is 7.00. The third kappa shape index (κ3) is 5.71. The van der Waals surface area contributed by atoms with Crippen molar-refractivity contribution < 1.29 is 9.84 Å². The Morgan fingerprint density at radius 3 is 2.49 bits per heavy atom. The highest BCUT2D eigenvalue weighted by atomic mass is 32.1. The van der Waals surface area contributed by atoms with Crippen molar-refractivity contribution in [2.75, 3.05) is 10.6 Å². The van der Waals surface area contributed by atoms with Crippen molar-refractivity contribution >= 4 is 38.3 Å². The lowest BCUT2D eigenvalue weighted by molar-refractivity contribution is 0.126. The zero-order chi connectivity index (χ0) is 25.0. The number of hydrogen-bond acceptors (Lipinski definition) is 8. The van der Waals surface area contributed by atoms with Crippen LogP contribution in [-0.2, 0) is 0 Å². The number of fused-ring (bicyclic) bond motifs is 1. The first-order chi connectivity index (χ1) is 18.2. The Morgan fingerprint density at radius 1 is 0.784 bits per heavy atom. The van der Waals surface area contributed by atoms with Crippen LogP contribution in [0.2, 0.25) is 0 Å². The molecule has 3 heterocycles. The molecule has 1 saturated carbocycles. The number of thiazole rings is 1. The van der Waals surface area contributed by atoms with Gasteiger partial charge in [-0.3, -0.25) is 4.98 Å². The number of aliphatic hydroxyl groups excluding tert-OH is 1. The van der Waals surface area contributed by atoms with Gasteiger partial charge in [-0.25, -0.2) is 9.97 Å². The summed E-state index contributed by atoms with van der Waals surface area (Å²) < 4.78 is 7.03. The topological polar surface area (TPSA) is 92.2 Å². The fourth-order valence-electron chi connectivity index (χ4n) is 4.54. The van der Waals surface area contributed by atoms with E-state index >= 15 is 0 Å². The first kappa shape index (κ1) is 23.4. The Labute approximate surface area is 219 Å². The number of hydrogen-bond donors (Lipinski definition) is 3. The molecule has 0 aliphatic heterocycles. The summed E-state index contributed by atoms with van der Waals surface area (Å²) in [6.45, 7) is 0. The SMILES string of the molecule is O[C@H]1CC[C@H](Nc2cccc(Nc3nc4ccc(-c5cncc(Oc6ccccc6)c5)cc4s3)n2)CC1. The van der Waals surface area contributed by atoms with Crippen LogP contribution in [-0.4, -0.2) is 32.2 Å². The van der Waals surface area contributed by atoms with E-state index < -0.39 is 0 Å². The molecule has 2 aromatic carbocycles. The van der Waals surface area contributed by atoms with Crippen LogP contribution in [0.1, 0.15) is 25.7 Å². The van der Waals surface area contributed by atoms with Crippen molar-refractivity contribution in [1.29, 1.82) is 0 Å². The third-order valence-corrected chi connectivity index (χ3v) is 7.38. The maximum atomic E-state index is 9.74. The minimum absolute atomic E-state index is 0.165. The van der Waals surface area contributed by atoms with Gasteiger partial charge in [0.15, 0.2) is 5.13 Å². The Morgan fingerprint density at radius 2 is 1.62 bits per heavy atom. The molecule has 0 radical (unpaired) electrons. The Hall–Kier alpha value is -4.01. The lowest BCUT2D eigenvalue weighted by Gasteiger charge is -2.26. The number of rotatable bonds is 7. The highest BCUT2D eigenvalue weighted by Crippen LogP contribution is 2.33. The average Bonchev–Trinajstić information content (AvgIpc) is 3.32. The predicted molar refractivity (Wildman–Crippen MR) is 149 cm³/mol. The van der Waals surface area contributed by atoms with Crippen molar-refractivity contribution in [2.24, 2.45) is 0 Å². The summed E-state index contributed by atoms with van der Waals surface area (Å²) in [6, 6.07) is 24.2. The molecule has 0 spiro atoms. The smallest absolute Gasteiger partial charge is 0.189 e. The van der Waals surface area contributed by atoms with E-state index in [0.717, 1.165) is 69.5 Å². The molecular weight excluding hydrogens is 482 g/mol. The van der Waals surface area contributed by atoms with E-state index in [2.05, 4.69) is 27.8 Å². The lowest BCUT2D eigenvalue weighted by atomic mass is 9.93. The second-order valence-corrected chi connectivity index (χ2v) is 10.2. The number of nitrogens with zero attached hydrogens (tertiary/aromatic N) is 3. The maximum Gasteiger partial charge on any atom is 0.189 e. The fourth-order valence-corrected chi connectivity index (χ4v) is 5.45. The molecular formula is C29H27N5O2S. The number of aliphatic hydroxyl groups is 1. The van der Waals surface area contributed by atoms with Gasteiger partial charge in [0, 0.05) is 17.8 Å². The molecule has 1 fully saturated rings. The number of ether oxygens (including phenoxy) is 1. The summed E-state index contributed by atoms with van der Waals surface area (Å²) in [5.41, 5.74) is 2.96. The number of nitrogens with one attached hydrogen (secondary N) is 2. The highest BCUT2D eigenvalue weighted by Gasteiger charge is 2.19. The lowest BCUT2D eigenvalue weighted by Crippen LogP contribution is -2.28. The second-order valence-electron chi connectivity index (χ2n) is 9.21. The standard InChI is InChI=1S/C29H27N5O2S/c35-22-12-10-21(11-13-22)31-27-7-4-8-28(33-27)34-29-32-25-14-9-19(16-26(25)37-29)20-15-24(18-30-17-20)36-23-5-2-1-3-6-23/h1-9,14-18,21-22,35H,10-13H2,(H2,31,32,33,34)/t21-,22-. The van der Waals surface area contributed by atoms with Gasteiger partial charge in [-0.05, 0) is 73.7 Å². The normalized spacial score (nSPS) is 17.4. The molecule has 0 saturated heterocycles. The second kappa shape index (κ2) is 10.5. The molecule has 8 heteroatoms. The minimum Gasteiger partial charge on any atom is -0.456 e. The summed E-state index contributed by atoms with van der Waals surface area (Å²) in [5, 5.41) is 17.4. The van der Waals surface area contributed by atoms with Gasteiger partial charge in [0.25, 0.3) is 0 Å². The van der Waals surface area contributed by atoms with Crippen molar-refractivity contribution in [1.82, 2.24) is 15.0 Å². The van der Waals surface area contributed by atoms with E-state index in [0.29, 0.717) is 11.8 Å². The highest BCUT2D eigenvalue weighted by molar-refractivity contribution is 7.22. The molecule has 3 aromatic heterocycles. The van der Waals surface area contributed by atoms with Crippen LogP contribution in [0.4, 0.5) is 16.8 Å². The van der Waals surface area contributed by atoms with Gasteiger partial charge >= 0.3 is 0 Å². The first-order valence-corrected chi connectivity index (χ1v) is 13.3. The van der Waals surface area contributed by atoms with Crippen molar-refractivity contribution in [3.05, 3.63) is 85.2 Å². The summed E-state index contributed by atoms with van der Waals surface area (Å²) in [4.78, 5) is 13.8. The average molecular weight is 510 g/mol. The largest absolute Gasteiger partial charge is 0.456 e. The molecule has 1 aliphatic rings. The van der Waals surface area contributed by atoms with Crippen LogP contribution in [0.25, 0.3) is 21.3 Å². The molecule has 5 aromatic rings. The fraction of sp³-hybridized carbons (Fsp3) is 0.207. The molecule has 1 aliphatic carbocycles. The molecule has 3 N–H and O–H groups in total. The van der Waals surface area contributed by atoms with Gasteiger partial charge < -0.3 is 20.5 Å². The molecule has 0 amide bonds. The Balaban J connectivity index is 1.17. The molecule has 7 nitrogen and oxygen atoms in total. The number of anilines is 3. The van der Waals surface area contributed by atoms with Crippen LogP contribution in [0.5, 0.6) is 11.5 Å². The van der Waals surface area contributed by atoms with Gasteiger partial charge in [0.1, 0.15) is 23.1 Å². The summed E-state index contributed by atoms with van der Waals surface area (Å²) in [6.07, 6.45) is 6.98. The van der Waals surface area contributed by atoms with E-state index in [9.17, 15) is 5.11 Å².